The van der Waals surface area contributed by atoms with E-state index >= 15 is 0 Å². The number of rotatable bonds is 7. The number of hydrogen-bond acceptors (Lipinski definition) is 5. The lowest BCUT2D eigenvalue weighted by atomic mass is 10.0. The van der Waals surface area contributed by atoms with Crippen LogP contribution in [0.2, 0.25) is 5.02 Å². The molecule has 5 nitrogen and oxygen atoms in total. The fraction of sp³-hybridized carbons (Fsp3) is 0.192. The number of halogens is 1. The van der Waals surface area contributed by atoms with E-state index in [0.717, 1.165) is 16.9 Å². The van der Waals surface area contributed by atoms with Gasteiger partial charge in [-0.2, -0.15) is 0 Å². The van der Waals surface area contributed by atoms with Crippen LogP contribution in [-0.2, 0) is 0 Å². The van der Waals surface area contributed by atoms with E-state index in [9.17, 15) is 4.79 Å². The second-order valence-electron chi connectivity index (χ2n) is 7.37. The van der Waals surface area contributed by atoms with Gasteiger partial charge in [0.25, 0.3) is 0 Å². The number of fused-ring (bicyclic) bond motifs is 1. The molecule has 0 bridgehead atoms. The monoisotopic (exact) mass is 450 g/mol. The molecule has 0 saturated heterocycles. The highest BCUT2D eigenvalue weighted by Crippen LogP contribution is 2.35. The molecule has 4 rings (SSSR count). The first-order chi connectivity index (χ1) is 15.5. The fourth-order valence-electron chi connectivity index (χ4n) is 3.36. The molecular weight excluding hydrogens is 428 g/mol. The molecule has 3 aromatic carbocycles. The second kappa shape index (κ2) is 9.37. The molecule has 0 fully saturated rings. The van der Waals surface area contributed by atoms with Crippen molar-refractivity contribution in [2.75, 3.05) is 20.3 Å². The van der Waals surface area contributed by atoms with E-state index in [1.165, 1.54) is 0 Å². The van der Waals surface area contributed by atoms with Crippen molar-refractivity contribution in [2.45, 2.75) is 13.8 Å². The first-order valence-electron chi connectivity index (χ1n) is 10.2. The van der Waals surface area contributed by atoms with Gasteiger partial charge in [0, 0.05) is 5.56 Å². The van der Waals surface area contributed by atoms with E-state index in [2.05, 4.69) is 0 Å². The summed E-state index contributed by atoms with van der Waals surface area (Å²) in [4.78, 5) is 13.3. The van der Waals surface area contributed by atoms with Gasteiger partial charge in [0.05, 0.1) is 17.5 Å². The highest BCUT2D eigenvalue weighted by molar-refractivity contribution is 6.33. The Balaban J connectivity index is 1.66. The molecule has 6 heteroatoms. The topological polar surface area (TPSA) is 57.9 Å². The Bertz CT molecular complexity index is 1310. The molecule has 0 aliphatic heterocycles. The molecule has 0 amide bonds. The fourth-order valence-corrected chi connectivity index (χ4v) is 3.58. The van der Waals surface area contributed by atoms with E-state index in [1.54, 1.807) is 19.2 Å². The van der Waals surface area contributed by atoms with Crippen LogP contribution in [0.15, 0.2) is 69.9 Å². The predicted molar refractivity (Wildman–Crippen MR) is 126 cm³/mol. The molecule has 0 spiro atoms. The van der Waals surface area contributed by atoms with Crippen molar-refractivity contribution in [2.24, 2.45) is 0 Å². The Morgan fingerprint density at radius 1 is 0.875 bits per heavy atom. The number of ether oxygens (including phenoxy) is 3. The summed E-state index contributed by atoms with van der Waals surface area (Å²) in [7, 11) is 1.61. The van der Waals surface area contributed by atoms with Crippen molar-refractivity contribution >= 4 is 22.6 Å². The van der Waals surface area contributed by atoms with Gasteiger partial charge in [-0.1, -0.05) is 23.7 Å². The van der Waals surface area contributed by atoms with Crippen LogP contribution in [0.4, 0.5) is 0 Å². The third-order valence-corrected chi connectivity index (χ3v) is 5.57. The van der Waals surface area contributed by atoms with Crippen LogP contribution in [0.1, 0.15) is 11.1 Å². The highest BCUT2D eigenvalue weighted by Gasteiger charge is 2.20. The van der Waals surface area contributed by atoms with E-state index in [0.29, 0.717) is 33.1 Å². The molecule has 0 saturated carbocycles. The summed E-state index contributed by atoms with van der Waals surface area (Å²) >= 11 is 6.40. The molecule has 0 aliphatic rings. The zero-order valence-electron chi connectivity index (χ0n) is 18.1. The van der Waals surface area contributed by atoms with Crippen LogP contribution in [0.5, 0.6) is 17.2 Å². The van der Waals surface area contributed by atoms with Gasteiger partial charge >= 0.3 is 0 Å². The van der Waals surface area contributed by atoms with E-state index in [-0.39, 0.29) is 24.4 Å². The smallest absolute Gasteiger partial charge is 0.235 e. The highest BCUT2D eigenvalue weighted by atomic mass is 35.5. The average Bonchev–Trinajstić information content (AvgIpc) is 2.80. The molecule has 164 valence electrons. The number of hydrogen-bond donors (Lipinski definition) is 0. The van der Waals surface area contributed by atoms with Crippen LogP contribution in [0.3, 0.4) is 0 Å². The van der Waals surface area contributed by atoms with Crippen LogP contribution in [0, 0.1) is 13.8 Å². The van der Waals surface area contributed by atoms with Gasteiger partial charge in [-0.15, -0.1) is 0 Å². The molecule has 1 aromatic heterocycles. The Kier molecular flexibility index (Phi) is 6.37. The van der Waals surface area contributed by atoms with Gasteiger partial charge < -0.3 is 18.6 Å². The lowest BCUT2D eigenvalue weighted by Gasteiger charge is -2.14. The summed E-state index contributed by atoms with van der Waals surface area (Å²) in [6.07, 6.45) is 0. The van der Waals surface area contributed by atoms with Crippen molar-refractivity contribution in [1.29, 1.82) is 0 Å². The Hall–Kier alpha value is -3.44. The molecule has 0 radical (unpaired) electrons. The maximum atomic E-state index is 13.3. The molecule has 4 aromatic rings. The van der Waals surface area contributed by atoms with Crippen molar-refractivity contribution in [1.82, 2.24) is 0 Å². The standard InChI is InChI=1S/C26H23ClO5/c1-16-14-21-23(15-17(16)2)32-25(20-6-4-5-7-22(20)27)26(24(21)28)31-13-12-30-19-10-8-18(29-3)9-11-19/h4-11,14-15H,12-13H2,1-3H3. The van der Waals surface area contributed by atoms with Crippen molar-refractivity contribution in [3.63, 3.8) is 0 Å². The molecule has 0 aliphatic carbocycles. The lowest BCUT2D eigenvalue weighted by molar-refractivity contribution is 0.214. The molecule has 0 N–H and O–H groups in total. The largest absolute Gasteiger partial charge is 0.497 e. The Morgan fingerprint density at radius 2 is 1.53 bits per heavy atom. The Labute approximate surface area is 191 Å². The minimum absolute atomic E-state index is 0.118. The third-order valence-electron chi connectivity index (χ3n) is 5.24. The molecule has 0 unspecified atom stereocenters. The number of benzene rings is 3. The maximum absolute atomic E-state index is 13.3. The van der Waals surface area contributed by atoms with Crippen LogP contribution >= 0.6 is 11.6 Å². The maximum Gasteiger partial charge on any atom is 0.235 e. The summed E-state index contributed by atoms with van der Waals surface area (Å²) < 4.78 is 22.9. The minimum Gasteiger partial charge on any atom is -0.497 e. The summed E-state index contributed by atoms with van der Waals surface area (Å²) in [6, 6.07) is 18.1. The van der Waals surface area contributed by atoms with Gasteiger partial charge in [0.1, 0.15) is 30.3 Å². The SMILES string of the molecule is COc1ccc(OCCOc2c(-c3ccccc3Cl)oc3cc(C)c(C)cc3c2=O)cc1. The molecule has 32 heavy (non-hydrogen) atoms. The zero-order chi connectivity index (χ0) is 22.7. The van der Waals surface area contributed by atoms with E-state index in [4.69, 9.17) is 30.2 Å². The summed E-state index contributed by atoms with van der Waals surface area (Å²) in [6.45, 7) is 4.34. The third kappa shape index (κ3) is 4.43. The second-order valence-corrected chi connectivity index (χ2v) is 7.78. The molecular formula is C26H23ClO5. The normalized spacial score (nSPS) is 10.9. The molecule has 1 heterocycles. The number of aryl methyl sites for hydroxylation is 2. The van der Waals surface area contributed by atoms with Gasteiger partial charge in [-0.25, -0.2) is 0 Å². The first kappa shape index (κ1) is 21.8. The minimum atomic E-state index is -0.242. The quantitative estimate of drug-likeness (QED) is 0.314. The average molecular weight is 451 g/mol. The van der Waals surface area contributed by atoms with Gasteiger partial charge in [-0.05, 0) is 73.5 Å². The Morgan fingerprint density at radius 3 is 2.25 bits per heavy atom. The summed E-state index contributed by atoms with van der Waals surface area (Å²) in [5, 5.41) is 0.938. The van der Waals surface area contributed by atoms with Crippen LogP contribution in [0.25, 0.3) is 22.3 Å². The van der Waals surface area contributed by atoms with E-state index < -0.39 is 0 Å². The van der Waals surface area contributed by atoms with E-state index in [1.807, 2.05) is 62.4 Å². The van der Waals surface area contributed by atoms with Crippen molar-refractivity contribution in [3.05, 3.63) is 87.0 Å². The van der Waals surface area contributed by atoms with Crippen molar-refractivity contribution in [3.8, 4) is 28.6 Å². The first-order valence-corrected chi connectivity index (χ1v) is 10.6. The number of methoxy groups -OCH3 is 1. The summed E-state index contributed by atoms with van der Waals surface area (Å²) in [5.74, 6) is 1.85. The van der Waals surface area contributed by atoms with Crippen LogP contribution < -0.4 is 19.6 Å². The van der Waals surface area contributed by atoms with Gasteiger partial charge in [0.2, 0.25) is 11.2 Å². The zero-order valence-corrected chi connectivity index (χ0v) is 18.9. The molecule has 0 atom stereocenters. The summed E-state index contributed by atoms with van der Waals surface area (Å²) in [5.41, 5.74) is 2.89. The van der Waals surface area contributed by atoms with Gasteiger partial charge in [0.15, 0.2) is 5.76 Å². The lowest BCUT2D eigenvalue weighted by Crippen LogP contribution is -2.15. The van der Waals surface area contributed by atoms with Crippen molar-refractivity contribution < 1.29 is 18.6 Å². The van der Waals surface area contributed by atoms with Crippen LogP contribution in [-0.4, -0.2) is 20.3 Å². The predicted octanol–water partition coefficient (Wildman–Crippen LogP) is 6.20. The van der Waals surface area contributed by atoms with Gasteiger partial charge in [-0.3, -0.25) is 4.79 Å².